The van der Waals surface area contributed by atoms with E-state index < -0.39 is 36.2 Å². The number of alkyl halides is 2. The van der Waals surface area contributed by atoms with Crippen LogP contribution in [0.15, 0.2) is 0 Å². The highest BCUT2D eigenvalue weighted by Crippen LogP contribution is 2.39. The van der Waals surface area contributed by atoms with Crippen LogP contribution >= 0.6 is 0 Å². The second-order valence-corrected chi connectivity index (χ2v) is 6.93. The van der Waals surface area contributed by atoms with E-state index in [0.29, 0.717) is 32.2 Å². The van der Waals surface area contributed by atoms with Crippen molar-refractivity contribution in [3.05, 3.63) is 0 Å². The molecular weight excluding hydrogens is 296 g/mol. The monoisotopic (exact) mass is 323 g/mol. The Bertz CT molecular complexity index is 358. The van der Waals surface area contributed by atoms with E-state index >= 15 is 0 Å². The minimum Gasteiger partial charge on any atom is -0.395 e. The fourth-order valence-corrected chi connectivity index (χ4v) is 3.77. The van der Waals surface area contributed by atoms with Crippen molar-refractivity contribution in [3.8, 4) is 0 Å². The van der Waals surface area contributed by atoms with E-state index in [-0.39, 0.29) is 19.1 Å². The van der Waals surface area contributed by atoms with E-state index in [1.807, 2.05) is 0 Å². The number of aliphatic hydroxyl groups excluding tert-OH is 4. The lowest BCUT2D eigenvalue weighted by Crippen LogP contribution is -2.63. The average molecular weight is 323 g/mol. The van der Waals surface area contributed by atoms with Gasteiger partial charge in [0.2, 0.25) is 5.92 Å². The third kappa shape index (κ3) is 3.94. The van der Waals surface area contributed by atoms with Gasteiger partial charge >= 0.3 is 0 Å². The van der Waals surface area contributed by atoms with Crippen molar-refractivity contribution in [2.24, 2.45) is 11.8 Å². The lowest BCUT2D eigenvalue weighted by atomic mass is 9.78. The number of aliphatic hydroxyl groups is 4. The molecule has 0 aromatic heterocycles. The maximum atomic E-state index is 13.3. The second-order valence-electron chi connectivity index (χ2n) is 6.93. The Morgan fingerprint density at radius 3 is 2.14 bits per heavy atom. The zero-order valence-electron chi connectivity index (χ0n) is 12.9. The van der Waals surface area contributed by atoms with Crippen LogP contribution in [0.2, 0.25) is 0 Å². The Kier molecular flexibility index (Phi) is 5.77. The molecule has 0 aromatic carbocycles. The van der Waals surface area contributed by atoms with E-state index in [2.05, 4.69) is 0 Å². The molecule has 130 valence electrons. The van der Waals surface area contributed by atoms with E-state index in [1.54, 1.807) is 4.90 Å². The van der Waals surface area contributed by atoms with Crippen molar-refractivity contribution in [2.75, 3.05) is 19.7 Å². The Morgan fingerprint density at radius 1 is 1.05 bits per heavy atom. The zero-order chi connectivity index (χ0) is 16.5. The molecule has 4 N–H and O–H groups in total. The number of halogens is 2. The highest BCUT2D eigenvalue weighted by atomic mass is 19.3. The highest BCUT2D eigenvalue weighted by molar-refractivity contribution is 4.95. The van der Waals surface area contributed by atoms with Crippen molar-refractivity contribution in [2.45, 2.75) is 62.9 Å². The fourth-order valence-electron chi connectivity index (χ4n) is 3.77. The number of β-amino-alcohol motifs (C(OH)–C–C–N with tert-alkyl or cyclic N) is 1. The molecule has 1 aliphatic carbocycles. The quantitative estimate of drug-likeness (QED) is 0.594. The molecule has 0 aromatic rings. The molecule has 22 heavy (non-hydrogen) atoms. The Hall–Kier alpha value is -0.340. The summed E-state index contributed by atoms with van der Waals surface area (Å²) in [5, 5.41) is 38.8. The van der Waals surface area contributed by atoms with Crippen molar-refractivity contribution < 1.29 is 29.2 Å². The maximum absolute atomic E-state index is 13.3. The number of piperidine rings is 1. The molecule has 2 aliphatic rings. The lowest BCUT2D eigenvalue weighted by Gasteiger charge is -2.45. The van der Waals surface area contributed by atoms with Crippen LogP contribution in [0.5, 0.6) is 0 Å². The van der Waals surface area contributed by atoms with Crippen molar-refractivity contribution in [1.82, 2.24) is 4.90 Å². The minimum atomic E-state index is -2.64. The molecule has 0 amide bonds. The van der Waals surface area contributed by atoms with Gasteiger partial charge in [-0.3, -0.25) is 4.90 Å². The van der Waals surface area contributed by atoms with Crippen LogP contribution in [0.25, 0.3) is 0 Å². The van der Waals surface area contributed by atoms with Crippen molar-refractivity contribution in [3.63, 3.8) is 0 Å². The molecule has 0 spiro atoms. The van der Waals surface area contributed by atoms with E-state index in [0.717, 1.165) is 6.92 Å². The van der Waals surface area contributed by atoms with Gasteiger partial charge in [0.05, 0.1) is 18.8 Å². The third-order valence-electron chi connectivity index (χ3n) is 5.27. The Morgan fingerprint density at radius 2 is 1.64 bits per heavy atom. The smallest absolute Gasteiger partial charge is 0.248 e. The van der Waals surface area contributed by atoms with Gasteiger partial charge in [0.1, 0.15) is 12.2 Å². The van der Waals surface area contributed by atoms with Crippen LogP contribution < -0.4 is 0 Å². The van der Waals surface area contributed by atoms with E-state index in [1.165, 1.54) is 0 Å². The molecule has 1 saturated carbocycles. The largest absolute Gasteiger partial charge is 0.395 e. The number of hydrogen-bond donors (Lipinski definition) is 4. The van der Waals surface area contributed by atoms with Crippen LogP contribution in [-0.4, -0.2) is 75.3 Å². The molecule has 2 rings (SSSR count). The third-order valence-corrected chi connectivity index (χ3v) is 5.27. The van der Waals surface area contributed by atoms with Gasteiger partial charge in [0, 0.05) is 19.0 Å². The first kappa shape index (κ1) is 18.0. The molecule has 2 fully saturated rings. The molecular formula is C15H27F2NO4. The van der Waals surface area contributed by atoms with Crippen LogP contribution in [0.4, 0.5) is 8.78 Å². The number of likely N-dealkylation sites (tertiary alicyclic amines) is 1. The second kappa shape index (κ2) is 7.05. The summed E-state index contributed by atoms with van der Waals surface area (Å²) in [7, 11) is 0. The molecule has 7 heteroatoms. The summed E-state index contributed by atoms with van der Waals surface area (Å²) < 4.78 is 26.6. The van der Waals surface area contributed by atoms with Gasteiger partial charge < -0.3 is 20.4 Å². The average Bonchev–Trinajstić information content (AvgIpc) is 2.45. The number of nitrogens with zero attached hydrogens (tertiary/aromatic N) is 1. The fraction of sp³-hybridized carbons (Fsp3) is 1.00. The van der Waals surface area contributed by atoms with Crippen LogP contribution in [0, 0.1) is 11.8 Å². The SMILES string of the molecule is CC(F)(F)C1CCC(CN2C[C@H](O)[C@@H](O)[C@H](O)[C@@H]2CO)CC1. The zero-order valence-corrected chi connectivity index (χ0v) is 12.9. The summed E-state index contributed by atoms with van der Waals surface area (Å²) in [5.74, 6) is -3.00. The summed E-state index contributed by atoms with van der Waals surface area (Å²) in [4.78, 5) is 1.77. The van der Waals surface area contributed by atoms with Gasteiger partial charge in [0.15, 0.2) is 0 Å². The summed E-state index contributed by atoms with van der Waals surface area (Å²) in [5.41, 5.74) is 0. The Labute approximate surface area is 129 Å². The molecule has 0 radical (unpaired) electrons. The molecule has 5 nitrogen and oxygen atoms in total. The summed E-state index contributed by atoms with van der Waals surface area (Å²) >= 11 is 0. The number of rotatable bonds is 4. The van der Waals surface area contributed by atoms with E-state index in [9.17, 15) is 29.2 Å². The minimum absolute atomic E-state index is 0.174. The predicted molar refractivity (Wildman–Crippen MR) is 76.5 cm³/mol. The van der Waals surface area contributed by atoms with Gasteiger partial charge in [-0.25, -0.2) is 8.78 Å². The molecule has 1 aliphatic heterocycles. The summed E-state index contributed by atoms with van der Waals surface area (Å²) in [6.45, 7) is 1.37. The number of hydrogen-bond acceptors (Lipinski definition) is 5. The first-order chi connectivity index (χ1) is 10.2. The van der Waals surface area contributed by atoms with Crippen LogP contribution in [0.1, 0.15) is 32.6 Å². The topological polar surface area (TPSA) is 84.2 Å². The molecule has 1 saturated heterocycles. The summed E-state index contributed by atoms with van der Waals surface area (Å²) in [6, 6.07) is -0.622. The lowest BCUT2D eigenvalue weighted by molar-refractivity contribution is -0.148. The van der Waals surface area contributed by atoms with Crippen molar-refractivity contribution in [1.29, 1.82) is 0 Å². The van der Waals surface area contributed by atoms with Gasteiger partial charge in [-0.1, -0.05) is 0 Å². The first-order valence-corrected chi connectivity index (χ1v) is 8.01. The summed E-state index contributed by atoms with van der Waals surface area (Å²) in [6.07, 6.45) is -1.23. The van der Waals surface area contributed by atoms with Gasteiger partial charge in [-0.05, 0) is 38.5 Å². The highest BCUT2D eigenvalue weighted by Gasteiger charge is 2.42. The Balaban J connectivity index is 1.90. The standard InChI is InChI=1S/C15H27F2NO4/c1-15(16,17)10-4-2-9(3-5-10)6-18-7-12(20)14(22)13(21)11(18)8-19/h9-14,19-22H,2-8H2,1H3/t9?,10?,11-,12-,13+,14+/m0/s1. The normalized spacial score (nSPS) is 41.6. The molecule has 0 unspecified atom stereocenters. The van der Waals surface area contributed by atoms with Gasteiger partial charge in [-0.2, -0.15) is 0 Å². The van der Waals surface area contributed by atoms with Gasteiger partial charge in [-0.15, -0.1) is 0 Å². The van der Waals surface area contributed by atoms with E-state index in [4.69, 9.17) is 0 Å². The predicted octanol–water partition coefficient (Wildman–Crippen LogP) is 0.207. The molecule has 1 heterocycles. The van der Waals surface area contributed by atoms with Crippen molar-refractivity contribution >= 4 is 0 Å². The maximum Gasteiger partial charge on any atom is 0.248 e. The first-order valence-electron chi connectivity index (χ1n) is 8.01. The molecule has 0 bridgehead atoms. The molecule has 4 atom stereocenters. The van der Waals surface area contributed by atoms with Crippen LogP contribution in [0.3, 0.4) is 0 Å². The van der Waals surface area contributed by atoms with Crippen LogP contribution in [-0.2, 0) is 0 Å². The van der Waals surface area contributed by atoms with Gasteiger partial charge in [0.25, 0.3) is 0 Å².